The van der Waals surface area contributed by atoms with Gasteiger partial charge < -0.3 is 10.1 Å². The predicted molar refractivity (Wildman–Crippen MR) is 85.8 cm³/mol. The predicted octanol–water partition coefficient (Wildman–Crippen LogP) is 1.62. The van der Waals surface area contributed by atoms with Crippen molar-refractivity contribution in [3.8, 4) is 5.75 Å². The van der Waals surface area contributed by atoms with E-state index in [0.29, 0.717) is 12.4 Å². The zero-order valence-electron chi connectivity index (χ0n) is 12.8. The number of nitrogens with one attached hydrogen (secondary N) is 2. The first-order valence-corrected chi connectivity index (χ1v) is 7.04. The number of rotatable bonds is 7. The number of carbonyl (C=O) groups is 2. The van der Waals surface area contributed by atoms with E-state index in [4.69, 9.17) is 4.74 Å². The van der Waals surface area contributed by atoms with E-state index in [1.54, 1.807) is 30.3 Å². The van der Waals surface area contributed by atoms with Gasteiger partial charge in [0.15, 0.2) is 0 Å². The van der Waals surface area contributed by atoms with Crippen LogP contribution in [0, 0.1) is 0 Å². The van der Waals surface area contributed by atoms with Crippen molar-refractivity contribution >= 4 is 18.0 Å². The van der Waals surface area contributed by atoms with Crippen LogP contribution in [0.15, 0.2) is 42.0 Å². The maximum atomic E-state index is 11.5. The van der Waals surface area contributed by atoms with Crippen molar-refractivity contribution in [2.24, 2.45) is 5.10 Å². The third-order valence-electron chi connectivity index (χ3n) is 2.82. The van der Waals surface area contributed by atoms with Gasteiger partial charge in [-0.1, -0.05) is 19.6 Å². The number of amides is 2. The Labute approximate surface area is 130 Å². The van der Waals surface area contributed by atoms with E-state index < -0.39 is 11.8 Å². The minimum Gasteiger partial charge on any atom is -0.490 e. The summed E-state index contributed by atoms with van der Waals surface area (Å²) in [6, 6.07) is 7.08. The Morgan fingerprint density at radius 2 is 2.00 bits per heavy atom. The van der Waals surface area contributed by atoms with Gasteiger partial charge in [0.2, 0.25) is 0 Å². The second kappa shape index (κ2) is 9.33. The molecule has 0 unspecified atom stereocenters. The van der Waals surface area contributed by atoms with Crippen LogP contribution in [0.1, 0.15) is 25.8 Å². The van der Waals surface area contributed by atoms with Gasteiger partial charge in [0, 0.05) is 6.04 Å². The maximum Gasteiger partial charge on any atom is 0.329 e. The SMILES string of the molecule is C=CCOc1ccc(/C=N\NC(=O)C(=O)N[C@@H](C)CC)cc1. The Bertz CT molecular complexity index is 538. The van der Waals surface area contributed by atoms with Crippen molar-refractivity contribution in [2.45, 2.75) is 26.3 Å². The average molecular weight is 303 g/mol. The lowest BCUT2D eigenvalue weighted by Gasteiger charge is -2.09. The highest BCUT2D eigenvalue weighted by Gasteiger charge is 2.14. The molecule has 1 atom stereocenters. The molecule has 6 heteroatoms. The Kier molecular flexibility index (Phi) is 7.39. The lowest BCUT2D eigenvalue weighted by Crippen LogP contribution is -2.41. The monoisotopic (exact) mass is 303 g/mol. The zero-order valence-corrected chi connectivity index (χ0v) is 12.8. The number of hydrazone groups is 1. The molecule has 0 radical (unpaired) electrons. The van der Waals surface area contributed by atoms with Crippen molar-refractivity contribution in [3.63, 3.8) is 0 Å². The summed E-state index contributed by atoms with van der Waals surface area (Å²) < 4.78 is 5.35. The molecule has 0 spiro atoms. The molecule has 0 bridgehead atoms. The van der Waals surface area contributed by atoms with Crippen molar-refractivity contribution < 1.29 is 14.3 Å². The normalized spacial score (nSPS) is 11.7. The molecule has 118 valence electrons. The summed E-state index contributed by atoms with van der Waals surface area (Å²) in [6.07, 6.45) is 3.86. The Morgan fingerprint density at radius 1 is 1.32 bits per heavy atom. The van der Waals surface area contributed by atoms with Crippen LogP contribution in [-0.2, 0) is 9.59 Å². The molecule has 22 heavy (non-hydrogen) atoms. The van der Waals surface area contributed by atoms with Gasteiger partial charge in [-0.05, 0) is 43.2 Å². The minimum absolute atomic E-state index is 0.0506. The quantitative estimate of drug-likeness (QED) is 0.348. The van der Waals surface area contributed by atoms with Crippen molar-refractivity contribution in [1.82, 2.24) is 10.7 Å². The van der Waals surface area contributed by atoms with Crippen LogP contribution >= 0.6 is 0 Å². The number of nitrogens with zero attached hydrogens (tertiary/aromatic N) is 1. The lowest BCUT2D eigenvalue weighted by atomic mass is 10.2. The molecule has 0 aliphatic carbocycles. The fraction of sp³-hybridized carbons (Fsp3) is 0.312. The topological polar surface area (TPSA) is 79.8 Å². The highest BCUT2D eigenvalue weighted by atomic mass is 16.5. The van der Waals surface area contributed by atoms with Crippen LogP contribution < -0.4 is 15.5 Å². The molecular formula is C16H21N3O3. The van der Waals surface area contributed by atoms with Crippen molar-refractivity contribution in [1.29, 1.82) is 0 Å². The molecule has 1 aromatic carbocycles. The highest BCUT2D eigenvalue weighted by molar-refractivity contribution is 6.35. The second-order valence-corrected chi connectivity index (χ2v) is 4.65. The van der Waals surface area contributed by atoms with E-state index in [-0.39, 0.29) is 6.04 Å². The van der Waals surface area contributed by atoms with E-state index in [0.717, 1.165) is 12.0 Å². The van der Waals surface area contributed by atoms with Gasteiger partial charge in [0.1, 0.15) is 12.4 Å². The molecule has 0 saturated heterocycles. The van der Waals surface area contributed by atoms with Gasteiger partial charge in [-0.3, -0.25) is 9.59 Å². The lowest BCUT2D eigenvalue weighted by molar-refractivity contribution is -0.139. The molecule has 0 saturated carbocycles. The van der Waals surface area contributed by atoms with Crippen LogP contribution in [0.25, 0.3) is 0 Å². The number of carbonyl (C=O) groups excluding carboxylic acids is 2. The average Bonchev–Trinajstić information content (AvgIpc) is 2.53. The Balaban J connectivity index is 2.46. The molecule has 1 aromatic rings. The molecule has 0 fully saturated rings. The van der Waals surface area contributed by atoms with E-state index in [9.17, 15) is 9.59 Å². The number of ether oxygens (including phenoxy) is 1. The number of benzene rings is 1. The van der Waals surface area contributed by atoms with Gasteiger partial charge in [-0.2, -0.15) is 5.10 Å². The van der Waals surface area contributed by atoms with Gasteiger partial charge in [-0.25, -0.2) is 5.43 Å². The molecule has 0 aromatic heterocycles. The first-order valence-electron chi connectivity index (χ1n) is 7.04. The number of hydrogen-bond donors (Lipinski definition) is 2. The van der Waals surface area contributed by atoms with E-state index in [1.807, 2.05) is 13.8 Å². The van der Waals surface area contributed by atoms with Crippen LogP contribution in [0.4, 0.5) is 0 Å². The first-order chi connectivity index (χ1) is 10.6. The molecule has 0 aliphatic heterocycles. The summed E-state index contributed by atoms with van der Waals surface area (Å²) in [5, 5.41) is 6.30. The summed E-state index contributed by atoms with van der Waals surface area (Å²) in [5.74, 6) is -0.767. The summed E-state index contributed by atoms with van der Waals surface area (Å²) in [7, 11) is 0. The summed E-state index contributed by atoms with van der Waals surface area (Å²) in [6.45, 7) is 7.75. The first kappa shape index (κ1) is 17.4. The summed E-state index contributed by atoms with van der Waals surface area (Å²) in [5.41, 5.74) is 2.96. The van der Waals surface area contributed by atoms with Gasteiger partial charge >= 0.3 is 11.8 Å². The van der Waals surface area contributed by atoms with Crippen LogP contribution in [0.3, 0.4) is 0 Å². The molecule has 1 rings (SSSR count). The fourth-order valence-electron chi connectivity index (χ4n) is 1.41. The number of hydrogen-bond acceptors (Lipinski definition) is 4. The van der Waals surface area contributed by atoms with E-state index in [1.165, 1.54) is 6.21 Å². The molecule has 0 heterocycles. The largest absolute Gasteiger partial charge is 0.490 e. The third-order valence-corrected chi connectivity index (χ3v) is 2.82. The van der Waals surface area contributed by atoms with Gasteiger partial charge in [-0.15, -0.1) is 0 Å². The third kappa shape index (κ3) is 6.21. The Hall–Kier alpha value is -2.63. The van der Waals surface area contributed by atoms with Crippen molar-refractivity contribution in [2.75, 3.05) is 6.61 Å². The van der Waals surface area contributed by atoms with Gasteiger partial charge in [0.05, 0.1) is 6.21 Å². The zero-order chi connectivity index (χ0) is 16.4. The van der Waals surface area contributed by atoms with Crippen LogP contribution in [0.2, 0.25) is 0 Å². The summed E-state index contributed by atoms with van der Waals surface area (Å²) >= 11 is 0. The molecule has 6 nitrogen and oxygen atoms in total. The maximum absolute atomic E-state index is 11.5. The molecular weight excluding hydrogens is 282 g/mol. The highest BCUT2D eigenvalue weighted by Crippen LogP contribution is 2.10. The molecule has 0 aliphatic rings. The van der Waals surface area contributed by atoms with Crippen LogP contribution in [-0.4, -0.2) is 30.7 Å². The molecule has 2 amide bonds. The fourth-order valence-corrected chi connectivity index (χ4v) is 1.41. The smallest absolute Gasteiger partial charge is 0.329 e. The van der Waals surface area contributed by atoms with E-state index in [2.05, 4.69) is 22.4 Å². The summed E-state index contributed by atoms with van der Waals surface area (Å²) in [4.78, 5) is 23.0. The molecule has 2 N–H and O–H groups in total. The van der Waals surface area contributed by atoms with E-state index >= 15 is 0 Å². The van der Waals surface area contributed by atoms with Gasteiger partial charge in [0.25, 0.3) is 0 Å². The standard InChI is InChI=1S/C16H21N3O3/c1-4-10-22-14-8-6-13(7-9-14)11-17-19-16(21)15(20)18-12(3)5-2/h4,6-9,11-12H,1,5,10H2,2-3H3,(H,18,20)(H,19,21)/b17-11-/t12-/m0/s1. The second-order valence-electron chi connectivity index (χ2n) is 4.65. The minimum atomic E-state index is -0.789. The van der Waals surface area contributed by atoms with Crippen LogP contribution in [0.5, 0.6) is 5.75 Å². The Morgan fingerprint density at radius 3 is 2.59 bits per heavy atom. The van der Waals surface area contributed by atoms with Crippen molar-refractivity contribution in [3.05, 3.63) is 42.5 Å².